The van der Waals surface area contributed by atoms with E-state index in [1.165, 1.54) is 18.2 Å². The second-order valence-corrected chi connectivity index (χ2v) is 28.0. The second-order valence-electron chi connectivity index (χ2n) is 20.6. The number of hydrogen-bond donors (Lipinski definition) is 11. The summed E-state index contributed by atoms with van der Waals surface area (Å²) in [5, 5.41) is 17.3. The van der Waals surface area contributed by atoms with Gasteiger partial charge in [-0.25, -0.2) is 28.0 Å². The Balaban J connectivity index is 0.994. The Morgan fingerprint density at radius 1 is 0.944 bits per heavy atom. The number of carbonyl (C=O) groups is 2. The van der Waals surface area contributed by atoms with E-state index in [0.717, 1.165) is 51.6 Å². The van der Waals surface area contributed by atoms with Crippen LogP contribution in [0.1, 0.15) is 69.4 Å². The number of aromatic amines is 1. The first-order chi connectivity index (χ1) is 41.7. The van der Waals surface area contributed by atoms with Gasteiger partial charge in [-0.2, -0.15) is 30.4 Å². The molecule has 32 nitrogen and oxygen atoms in total. The molecule has 0 radical (unpaired) electrons. The molecular formula is C52H65N9O23P3S2+. The van der Waals surface area contributed by atoms with Gasteiger partial charge < -0.3 is 59.8 Å². The lowest BCUT2D eigenvalue weighted by Gasteiger charge is -2.30. The molecule has 1 aliphatic carbocycles. The SMILES string of the molecule is CC[N+](CC)=c1ccc2c(/C=C/C=C3\N(CCCS(=O)(=O)O)c4ccc(S(=O)(=O)O)cc4C3(C)CCCC(=O)NCCNC(=O)O[C@@H]3[C@H](O)[C@@H](COP(=O)(O)OP(=O)(O)OP(=O)(O)O)O[C@H]3n3cnc4c(=O)[nH]c(N)nc43)c(C)c(-c3ccccc3)oc-2c1. The van der Waals surface area contributed by atoms with E-state index in [1.807, 2.05) is 80.6 Å². The number of nitrogens with zero attached hydrogens (tertiary/aromatic N) is 5. The van der Waals surface area contributed by atoms with Crippen molar-refractivity contribution in [3.8, 4) is 22.6 Å². The highest BCUT2D eigenvalue weighted by Gasteiger charge is 2.50. The van der Waals surface area contributed by atoms with E-state index in [4.69, 9.17) is 29.4 Å². The number of anilines is 2. The Hall–Kier alpha value is -6.81. The molecule has 2 amide bonds. The molecule has 2 aromatic carbocycles. The predicted octanol–water partition coefficient (Wildman–Crippen LogP) is 4.07. The third-order valence-corrected chi connectivity index (χ3v) is 20.0. The molecule has 8 rings (SSSR count). The van der Waals surface area contributed by atoms with E-state index in [0.29, 0.717) is 28.5 Å². The number of phosphoric acid groups is 3. The Morgan fingerprint density at radius 2 is 1.65 bits per heavy atom. The van der Waals surface area contributed by atoms with E-state index in [-0.39, 0.29) is 56.5 Å². The number of fused-ring (bicyclic) bond motifs is 3. The number of carbonyl (C=O) groups excluding carboxylic acids is 2. The zero-order valence-electron chi connectivity index (χ0n) is 47.9. The van der Waals surface area contributed by atoms with Crippen molar-refractivity contribution >= 4 is 84.6 Å². The first kappa shape index (κ1) is 68.1. The summed E-state index contributed by atoms with van der Waals surface area (Å²) in [5.41, 5.74) is 7.98. The molecule has 4 aromatic rings. The van der Waals surface area contributed by atoms with Crippen LogP contribution >= 0.6 is 23.5 Å². The fourth-order valence-electron chi connectivity index (χ4n) is 10.6. The van der Waals surface area contributed by atoms with Gasteiger partial charge in [-0.15, -0.1) is 0 Å². The van der Waals surface area contributed by atoms with Crippen LogP contribution in [-0.2, 0) is 66.8 Å². The minimum Gasteiger partial charge on any atom is -0.456 e. The number of benzene rings is 3. The van der Waals surface area contributed by atoms with Crippen molar-refractivity contribution in [3.05, 3.63) is 123 Å². The number of hydrogen-bond acceptors (Lipinski definition) is 21. The standard InChI is InChI=1S/C52H64N9O23P3S2/c1-5-59(6-2)33-18-20-36-35(31(3)45(80-39(36)27-33)32-13-8-7-9-14-32)15-10-16-41-52(4,37-28-34(89(76,77)78)19-21-38(37)60(41)25-12-26-88(73,74)75)22-11-17-42(62)54-23-24-55-51(65)82-46-44(63)40(29-79-86(69,70)84-87(71,72)83-85(66,67)68)81-49(46)61-30-56-43-47(61)57-50(53)58-48(43)64/h7-10,13-16,18-21,27-28,30,40,44,46,49,63H,5-6,11-12,17,22-26,29H2,1-4H3,(H10-,53,54,55,57,58,62,64,65,66,67,68,69,70,71,72,73,74,75,76,77,78)/p+1/t40-,44-,46-,49-,52?/m1/s1. The first-order valence-electron chi connectivity index (χ1n) is 27.2. The molecule has 0 saturated carbocycles. The molecule has 12 N–H and O–H groups in total. The number of aliphatic hydroxyl groups excluding tert-OH is 1. The first-order valence-corrected chi connectivity index (χ1v) is 34.8. The van der Waals surface area contributed by atoms with Crippen molar-refractivity contribution in [2.24, 2.45) is 0 Å². The van der Waals surface area contributed by atoms with E-state index >= 15 is 0 Å². The van der Waals surface area contributed by atoms with E-state index in [1.54, 1.807) is 4.90 Å². The molecule has 37 heteroatoms. The molecule has 0 bridgehead atoms. The molecular weight excluding hydrogens is 1280 g/mol. The van der Waals surface area contributed by atoms with Gasteiger partial charge in [0.05, 0.1) is 29.6 Å². The number of allylic oxidation sites excluding steroid dienone is 3. The number of nitrogen functional groups attached to an aromatic ring is 1. The summed E-state index contributed by atoms with van der Waals surface area (Å²) in [5.74, 6) is -0.251. The number of imidazole rings is 1. The zero-order chi connectivity index (χ0) is 65.0. The fraction of sp³-hybridized carbons (Fsp3) is 0.385. The smallest absolute Gasteiger partial charge is 0.456 e. The number of nitrogens with two attached hydrogens (primary N) is 1. The summed E-state index contributed by atoms with van der Waals surface area (Å²) in [6, 6.07) is 19.6. The third kappa shape index (κ3) is 16.6. The Morgan fingerprint density at radius 3 is 2.33 bits per heavy atom. The van der Waals surface area contributed by atoms with Crippen LogP contribution in [0.15, 0.2) is 105 Å². The van der Waals surface area contributed by atoms with Crippen molar-refractivity contribution < 1.29 is 101 Å². The number of phosphoric ester groups is 1. The van der Waals surface area contributed by atoms with Crippen LogP contribution < -0.4 is 36.8 Å². The maximum absolute atomic E-state index is 13.5. The van der Waals surface area contributed by atoms with Crippen LogP contribution in [0.4, 0.5) is 16.4 Å². The molecule has 1 fully saturated rings. The lowest BCUT2D eigenvalue weighted by Crippen LogP contribution is -2.41. The largest absolute Gasteiger partial charge is 0.490 e. The monoisotopic (exact) mass is 1340 g/mol. The molecule has 4 aliphatic rings. The van der Waals surface area contributed by atoms with Crippen LogP contribution in [0.25, 0.3) is 39.9 Å². The summed E-state index contributed by atoms with van der Waals surface area (Å²) >= 11 is 0. The number of nitrogens with one attached hydrogen (secondary N) is 3. The average molecular weight is 1340 g/mol. The van der Waals surface area contributed by atoms with Crippen LogP contribution in [0.5, 0.6) is 0 Å². The van der Waals surface area contributed by atoms with Crippen molar-refractivity contribution in [2.45, 2.75) is 88.2 Å². The van der Waals surface area contributed by atoms with Gasteiger partial charge in [0.2, 0.25) is 17.2 Å². The predicted molar refractivity (Wildman–Crippen MR) is 318 cm³/mol. The number of amides is 2. The minimum atomic E-state index is -5.95. The normalized spacial score (nSPS) is 20.7. The Labute approximate surface area is 508 Å². The molecule has 482 valence electrons. The molecule has 2 aromatic heterocycles. The molecule has 7 atom stereocenters. The fourth-order valence-corrected chi connectivity index (χ4v) is 14.6. The van der Waals surface area contributed by atoms with Crippen molar-refractivity contribution in [1.29, 1.82) is 0 Å². The minimum absolute atomic E-state index is 0.0265. The van der Waals surface area contributed by atoms with Gasteiger partial charge in [-0.1, -0.05) is 42.5 Å². The Bertz CT molecular complexity index is 4210. The van der Waals surface area contributed by atoms with Crippen LogP contribution in [-0.4, -0.2) is 146 Å². The maximum atomic E-state index is 13.5. The van der Waals surface area contributed by atoms with Gasteiger partial charge >= 0.3 is 29.6 Å². The number of ether oxygens (including phenoxy) is 2. The third-order valence-electron chi connectivity index (χ3n) is 14.6. The lowest BCUT2D eigenvalue weighted by atomic mass is 9.77. The van der Waals surface area contributed by atoms with Gasteiger partial charge in [0, 0.05) is 65.6 Å². The highest BCUT2D eigenvalue weighted by Crippen LogP contribution is 2.66. The number of rotatable bonds is 26. The second kappa shape index (κ2) is 27.3. The molecule has 1 saturated heterocycles. The molecule has 89 heavy (non-hydrogen) atoms. The topological polar surface area (TPSA) is 474 Å². The number of H-pyrrole nitrogens is 1. The van der Waals surface area contributed by atoms with Gasteiger partial charge in [-0.05, 0) is 88.4 Å². The van der Waals surface area contributed by atoms with E-state index in [9.17, 15) is 68.9 Å². The Kier molecular flexibility index (Phi) is 20.9. The van der Waals surface area contributed by atoms with E-state index in [2.05, 4.69) is 57.2 Å². The van der Waals surface area contributed by atoms with Gasteiger partial charge in [-0.3, -0.25) is 32.8 Å². The molecule has 3 aliphatic heterocycles. The van der Waals surface area contributed by atoms with Gasteiger partial charge in [0.25, 0.3) is 25.8 Å². The number of aliphatic hydroxyl groups is 1. The van der Waals surface area contributed by atoms with Crippen molar-refractivity contribution in [3.63, 3.8) is 0 Å². The summed E-state index contributed by atoms with van der Waals surface area (Å²) in [6.45, 7) is 7.71. The van der Waals surface area contributed by atoms with Gasteiger partial charge in [0.15, 0.2) is 23.5 Å². The summed E-state index contributed by atoms with van der Waals surface area (Å²) < 4.78 is 138. The van der Waals surface area contributed by atoms with Gasteiger partial charge in [0.1, 0.15) is 36.8 Å². The summed E-state index contributed by atoms with van der Waals surface area (Å²) in [6.07, 6.45) is -1.86. The number of alkyl carbamates (subject to hydrolysis) is 1. The quantitative estimate of drug-likeness (QED) is 0.0158. The van der Waals surface area contributed by atoms with Crippen molar-refractivity contribution in [1.82, 2.24) is 34.7 Å². The van der Waals surface area contributed by atoms with Crippen LogP contribution in [0.3, 0.4) is 0 Å². The van der Waals surface area contributed by atoms with Crippen LogP contribution in [0.2, 0.25) is 0 Å². The highest BCUT2D eigenvalue weighted by molar-refractivity contribution is 7.86. The summed E-state index contributed by atoms with van der Waals surface area (Å²) in [4.78, 5) is 88.3. The molecule has 3 unspecified atom stereocenters. The number of aromatic nitrogens is 4. The highest BCUT2D eigenvalue weighted by atomic mass is 32.2. The van der Waals surface area contributed by atoms with E-state index < -0.39 is 114 Å². The average Bonchev–Trinajstić information content (AvgIpc) is 2.18. The lowest BCUT2D eigenvalue weighted by molar-refractivity contribution is -0.121. The molecule has 0 spiro atoms. The van der Waals surface area contributed by atoms with Crippen molar-refractivity contribution in [2.75, 3.05) is 55.7 Å². The molecule has 5 heterocycles. The van der Waals surface area contributed by atoms with Crippen LogP contribution in [0, 0.1) is 6.92 Å². The zero-order valence-corrected chi connectivity index (χ0v) is 52.2. The summed E-state index contributed by atoms with van der Waals surface area (Å²) in [7, 11) is -26.6. The maximum Gasteiger partial charge on any atom is 0.490 e.